The van der Waals surface area contributed by atoms with Crippen LogP contribution in [0.25, 0.3) is 89.7 Å². The Kier molecular flexibility index (Phi) is 29.1. The number of nitrogens with one attached hydrogen (secondary N) is 11. The number of carbonyl (C=O) groups excluding carboxylic acids is 5. The lowest BCUT2D eigenvalue weighted by molar-refractivity contribution is -0.140. The summed E-state index contributed by atoms with van der Waals surface area (Å²) in [6.07, 6.45) is 2.66. The fraction of sp³-hybridized carbons (Fsp3) is 0.292. The van der Waals surface area contributed by atoms with Gasteiger partial charge in [0, 0.05) is 145 Å². The fourth-order valence-corrected chi connectivity index (χ4v) is 12.0. The van der Waals surface area contributed by atoms with E-state index in [1.165, 1.54) is 93.4 Å². The Morgan fingerprint density at radius 2 is 0.808 bits per heavy atom. The molecule has 120 heavy (non-hydrogen) atoms. The zero-order chi connectivity index (χ0) is 87.1. The Labute approximate surface area is 688 Å². The molecule has 13 heterocycles. The van der Waals surface area contributed by atoms with Crippen molar-refractivity contribution in [2.45, 2.75) is 88.3 Å². The summed E-state index contributed by atoms with van der Waals surface area (Å²) in [5.41, 5.74) is 4.74. The summed E-state index contributed by atoms with van der Waals surface area (Å²) in [6, 6.07) is 7.84. The number of pyridine rings is 4. The number of aromatic nitrogens is 16. The van der Waals surface area contributed by atoms with Crippen LogP contribution in [0.3, 0.4) is 0 Å². The minimum Gasteiger partial charge on any atom is -0.391 e. The zero-order valence-electron chi connectivity index (χ0n) is 62.0. The third-order valence-corrected chi connectivity index (χ3v) is 17.8. The molecule has 1 aliphatic heterocycles. The number of anilines is 4. The van der Waals surface area contributed by atoms with Crippen molar-refractivity contribution in [3.8, 4) is 57.9 Å². The molecule has 12 aromatic rings. The summed E-state index contributed by atoms with van der Waals surface area (Å²) in [6.45, 7) is -1.58. The molecule has 0 unspecified atom stereocenters. The van der Waals surface area contributed by atoms with E-state index < -0.39 is 111 Å². The maximum Gasteiger partial charge on any atom is 0.405 e. The third kappa shape index (κ3) is 24.8. The number of alkyl halides is 12. The Morgan fingerprint density at radius 3 is 1.14 bits per heavy atom. The summed E-state index contributed by atoms with van der Waals surface area (Å²) in [5, 5.41) is 39.3. The standard InChI is InChI=1S/C20H19ClF3N7O2.C18H14ClF3N6O.2C17H16ClF3N6O2/c1-11(32)30-4-5-31(15(9-30)19(33)28-10-20(22,23)24)16-2-3-25-18(29-16)14-8-27-17-13(14)6-12(21)7-26-17;1-2-3-13(17(29)26-9-18(20,21)22)27-14-4-5-23-16(28-14)12-8-25-15-11(12)6-10(19)7-24-15;2*1-8(28)13(16(29)25-7-17(19,20)21)26-12-2-3-22-15(27-12)11-6-24-14-10(11)4-9(18)5-23-14/h2-3,6-8,15H,4-5,9-10H2,1H3,(H,26,27)(H,28,33);1,4-8,13H,3,9H2,(H,24,25)(H,26,29)(H,23,27,28);2*2-6,8,13,28H,7H2,1H3,(H,23,24)(H,25,29)(H,22,26,27)/t15-;13-;8-,13+;8-,13-/m1101/s1. The fourth-order valence-electron chi connectivity index (χ4n) is 11.4. The average molecular weight is 1760 g/mol. The van der Waals surface area contributed by atoms with Gasteiger partial charge in [-0.3, -0.25) is 24.0 Å². The number of hydrogen-bond acceptors (Lipinski definition) is 23. The molecule has 6 atom stereocenters. The lowest BCUT2D eigenvalue weighted by Gasteiger charge is -2.40. The lowest BCUT2D eigenvalue weighted by atomic mass is 10.1. The molecule has 1 saturated heterocycles. The monoisotopic (exact) mass is 1760 g/mol. The van der Waals surface area contributed by atoms with Crippen LogP contribution in [-0.4, -0.2) is 231 Å². The number of piperazine rings is 1. The van der Waals surface area contributed by atoms with Gasteiger partial charge >= 0.3 is 24.7 Å². The first kappa shape index (κ1) is 89.8. The number of amides is 5. The van der Waals surface area contributed by atoms with Gasteiger partial charge in [-0.05, 0) is 62.4 Å². The molecule has 5 amide bonds. The van der Waals surface area contributed by atoms with Crippen molar-refractivity contribution in [1.29, 1.82) is 0 Å². The van der Waals surface area contributed by atoms with Crippen molar-refractivity contribution in [1.82, 2.24) is 106 Å². The highest BCUT2D eigenvalue weighted by Crippen LogP contribution is 2.34. The van der Waals surface area contributed by atoms with Crippen LogP contribution in [0.2, 0.25) is 20.1 Å². The molecular formula is C72H65Cl4F12N25O7. The SMILES string of the molecule is C#CC[C@@H](Nc1ccnc(-c2c[nH]c3ncc(Cl)cc23)n1)C(=O)NCC(F)(F)F.CC(=O)N1CCN(c2ccnc(-c3c[nH]c4ncc(Cl)cc34)n2)[C@@H](C(=O)NCC(F)(F)F)C1.C[C@@H](O)[C@@H](Nc1ccnc(-c2c[nH]c3ncc(Cl)cc23)n1)C(=O)NCC(F)(F)F.C[C@H](O)[C@@H](Nc1ccnc(-c2c[nH]c3ncc(Cl)cc23)n1)C(=O)NCC(F)(F)F. The number of aliphatic hydroxyl groups is 2. The maximum absolute atomic E-state index is 12.7. The molecule has 0 bridgehead atoms. The van der Waals surface area contributed by atoms with Crippen molar-refractivity contribution >= 4 is 143 Å². The molecule has 1 fully saturated rings. The number of hydrogen-bond donors (Lipinski definition) is 13. The second kappa shape index (κ2) is 38.9. The molecule has 48 heteroatoms. The van der Waals surface area contributed by atoms with E-state index in [9.17, 15) is 86.9 Å². The van der Waals surface area contributed by atoms with E-state index in [0.717, 1.165) is 0 Å². The van der Waals surface area contributed by atoms with Crippen LogP contribution in [0.1, 0.15) is 27.2 Å². The number of nitrogens with zero attached hydrogens (tertiary/aromatic N) is 14. The Morgan fingerprint density at radius 1 is 0.483 bits per heavy atom. The predicted molar refractivity (Wildman–Crippen MR) is 417 cm³/mol. The van der Waals surface area contributed by atoms with E-state index >= 15 is 0 Å². The zero-order valence-corrected chi connectivity index (χ0v) is 65.0. The minimum absolute atomic E-state index is 0.0645. The smallest absolute Gasteiger partial charge is 0.391 e. The number of fused-ring (bicyclic) bond motifs is 4. The molecule has 0 spiro atoms. The number of rotatable bonds is 22. The molecule has 0 radical (unpaired) electrons. The van der Waals surface area contributed by atoms with Gasteiger partial charge in [0.25, 0.3) is 0 Å². The van der Waals surface area contributed by atoms with Crippen LogP contribution in [-0.2, 0) is 24.0 Å². The van der Waals surface area contributed by atoms with Crippen LogP contribution >= 0.6 is 46.4 Å². The minimum atomic E-state index is -4.56. The summed E-state index contributed by atoms with van der Waals surface area (Å²) < 4.78 is 149. The Balaban J connectivity index is 0.000000168. The van der Waals surface area contributed by atoms with Crippen molar-refractivity contribution in [3.63, 3.8) is 0 Å². The number of H-pyrrole nitrogens is 4. The first-order valence-electron chi connectivity index (χ1n) is 35.0. The highest BCUT2D eigenvalue weighted by Gasteiger charge is 2.39. The second-order valence-corrected chi connectivity index (χ2v) is 27.6. The number of aromatic amines is 4. The lowest BCUT2D eigenvalue weighted by Crippen LogP contribution is -2.60. The summed E-state index contributed by atoms with van der Waals surface area (Å²) in [7, 11) is 0. The van der Waals surface area contributed by atoms with Crippen molar-refractivity contribution in [3.05, 3.63) is 143 Å². The van der Waals surface area contributed by atoms with Crippen LogP contribution in [0.15, 0.2) is 123 Å². The van der Waals surface area contributed by atoms with Crippen LogP contribution in [0.4, 0.5) is 76.0 Å². The molecule has 12 aromatic heterocycles. The normalized spacial score (nSPS) is 14.3. The predicted octanol–water partition coefficient (Wildman–Crippen LogP) is 10.6. The van der Waals surface area contributed by atoms with Crippen LogP contribution in [0.5, 0.6) is 0 Å². The first-order valence-corrected chi connectivity index (χ1v) is 36.5. The van der Waals surface area contributed by atoms with E-state index in [0.29, 0.717) is 110 Å². The van der Waals surface area contributed by atoms with Gasteiger partial charge < -0.3 is 77.2 Å². The van der Waals surface area contributed by atoms with Gasteiger partial charge in [0.1, 0.15) is 96.2 Å². The average Bonchev–Trinajstić information content (AvgIpc) is 1.62. The second-order valence-electron chi connectivity index (χ2n) is 25.9. The quantitative estimate of drug-likeness (QED) is 0.0221. The number of aliphatic hydroxyl groups excluding tert-OH is 2. The van der Waals surface area contributed by atoms with E-state index in [2.05, 4.69) is 102 Å². The number of halogens is 16. The molecule has 0 saturated carbocycles. The van der Waals surface area contributed by atoms with E-state index in [1.807, 2.05) is 10.6 Å². The first-order chi connectivity index (χ1) is 56.7. The van der Waals surface area contributed by atoms with Gasteiger partial charge in [-0.1, -0.05) is 46.4 Å². The summed E-state index contributed by atoms with van der Waals surface area (Å²) in [4.78, 5) is 127. The highest BCUT2D eigenvalue weighted by atomic mass is 35.5. The van der Waals surface area contributed by atoms with Crippen molar-refractivity contribution < 1.29 is 86.9 Å². The van der Waals surface area contributed by atoms with Gasteiger partial charge in [0.05, 0.1) is 38.8 Å². The van der Waals surface area contributed by atoms with Crippen molar-refractivity contribution in [2.24, 2.45) is 0 Å². The molecule has 0 aliphatic carbocycles. The van der Waals surface area contributed by atoms with E-state index in [4.69, 9.17) is 52.8 Å². The number of terminal acetylenes is 1. The van der Waals surface area contributed by atoms with Gasteiger partial charge in [-0.2, -0.15) is 52.7 Å². The number of carbonyl (C=O) groups is 5. The summed E-state index contributed by atoms with van der Waals surface area (Å²) >= 11 is 24.0. The molecule has 32 nitrogen and oxygen atoms in total. The van der Waals surface area contributed by atoms with Crippen LogP contribution in [0, 0.1) is 12.3 Å². The topological polar surface area (TPSA) is 434 Å². The third-order valence-electron chi connectivity index (χ3n) is 16.9. The van der Waals surface area contributed by atoms with E-state index in [1.54, 1.807) is 70.7 Å². The summed E-state index contributed by atoms with van der Waals surface area (Å²) in [5.74, 6) is 0.267. The van der Waals surface area contributed by atoms with E-state index in [-0.39, 0.29) is 54.5 Å². The molecule has 632 valence electrons. The molecule has 13 N–H and O–H groups in total. The molecule has 13 rings (SSSR count). The van der Waals surface area contributed by atoms with Gasteiger partial charge in [0.2, 0.25) is 29.5 Å². The Bertz CT molecular complexity index is 5530. The maximum atomic E-state index is 12.7. The Hall–Kier alpha value is -12.6. The highest BCUT2D eigenvalue weighted by molar-refractivity contribution is 6.32. The van der Waals surface area contributed by atoms with Gasteiger partial charge in [0.15, 0.2) is 23.3 Å². The van der Waals surface area contributed by atoms with Crippen LogP contribution < -0.4 is 42.1 Å². The largest absolute Gasteiger partial charge is 0.405 e. The van der Waals surface area contributed by atoms with Gasteiger partial charge in [-0.15, -0.1) is 12.3 Å². The van der Waals surface area contributed by atoms with Crippen molar-refractivity contribution in [2.75, 3.05) is 66.7 Å². The molecule has 1 aliphatic rings. The molecule has 0 aromatic carbocycles. The van der Waals surface area contributed by atoms with Gasteiger partial charge in [-0.25, -0.2) is 59.8 Å². The molecular weight excluding hydrogens is 1700 g/mol.